The Morgan fingerprint density at radius 1 is 1.62 bits per heavy atom. The van der Waals surface area contributed by atoms with Crippen molar-refractivity contribution in [2.24, 2.45) is 0 Å². The summed E-state index contributed by atoms with van der Waals surface area (Å²) in [4.78, 5) is 10.9. The van der Waals surface area contributed by atoms with Crippen molar-refractivity contribution in [3.05, 3.63) is 29.3 Å². The number of fused-ring (bicyclic) bond motifs is 1. The highest BCUT2D eigenvalue weighted by Crippen LogP contribution is 2.29. The molecule has 0 amide bonds. The minimum absolute atomic E-state index is 0.204. The van der Waals surface area contributed by atoms with Gasteiger partial charge >= 0.3 is 0 Å². The predicted molar refractivity (Wildman–Crippen MR) is 50.4 cm³/mol. The van der Waals surface area contributed by atoms with Crippen LogP contribution in [0.2, 0.25) is 0 Å². The number of rotatable bonds is 1. The average Bonchev–Trinajstić information content (AvgIpc) is 2.42. The van der Waals surface area contributed by atoms with Crippen molar-refractivity contribution in [1.29, 1.82) is 0 Å². The van der Waals surface area contributed by atoms with E-state index in [-0.39, 0.29) is 6.10 Å². The van der Waals surface area contributed by atoms with Gasteiger partial charge in [0.2, 0.25) is 0 Å². The van der Waals surface area contributed by atoms with E-state index < -0.39 is 5.24 Å². The normalized spacial score (nSPS) is 19.4. The van der Waals surface area contributed by atoms with Crippen LogP contribution < -0.4 is 4.74 Å². The van der Waals surface area contributed by atoms with Crippen LogP contribution in [-0.4, -0.2) is 11.3 Å². The van der Waals surface area contributed by atoms with Crippen molar-refractivity contribution in [1.82, 2.24) is 0 Å². The minimum atomic E-state index is -0.414. The van der Waals surface area contributed by atoms with Gasteiger partial charge in [-0.1, -0.05) is 0 Å². The molecule has 0 fully saturated rings. The van der Waals surface area contributed by atoms with Crippen LogP contribution in [0.4, 0.5) is 0 Å². The molecule has 1 aromatic carbocycles. The second-order valence-corrected chi connectivity index (χ2v) is 3.57. The minimum Gasteiger partial charge on any atom is -0.490 e. The van der Waals surface area contributed by atoms with E-state index in [0.717, 1.165) is 17.7 Å². The smallest absolute Gasteiger partial charge is 0.252 e. The van der Waals surface area contributed by atoms with Crippen LogP contribution in [-0.2, 0) is 6.42 Å². The second kappa shape index (κ2) is 3.04. The fraction of sp³-hybridized carbons (Fsp3) is 0.300. The number of halogens is 1. The number of hydrogen-bond acceptors (Lipinski definition) is 2. The van der Waals surface area contributed by atoms with E-state index in [1.54, 1.807) is 18.2 Å². The van der Waals surface area contributed by atoms with Crippen LogP contribution >= 0.6 is 11.6 Å². The summed E-state index contributed by atoms with van der Waals surface area (Å²) >= 11 is 5.36. The first kappa shape index (κ1) is 8.57. The second-order valence-electron chi connectivity index (χ2n) is 3.23. The lowest BCUT2D eigenvalue weighted by Gasteiger charge is -2.01. The molecule has 2 nitrogen and oxygen atoms in total. The van der Waals surface area contributed by atoms with E-state index in [4.69, 9.17) is 16.3 Å². The summed E-state index contributed by atoms with van der Waals surface area (Å²) in [5, 5.41) is -0.414. The molecular formula is C10H9ClO2. The van der Waals surface area contributed by atoms with Crippen molar-refractivity contribution in [3.63, 3.8) is 0 Å². The first-order valence-corrected chi connectivity index (χ1v) is 4.54. The third-order valence-electron chi connectivity index (χ3n) is 2.12. The van der Waals surface area contributed by atoms with Crippen molar-refractivity contribution in [3.8, 4) is 5.75 Å². The van der Waals surface area contributed by atoms with Crippen LogP contribution in [0.5, 0.6) is 5.75 Å². The van der Waals surface area contributed by atoms with Gasteiger partial charge in [0.15, 0.2) is 0 Å². The molecule has 0 N–H and O–H groups in total. The summed E-state index contributed by atoms with van der Waals surface area (Å²) in [6.45, 7) is 2.00. The summed E-state index contributed by atoms with van der Waals surface area (Å²) in [5.74, 6) is 0.870. The van der Waals surface area contributed by atoms with Gasteiger partial charge in [-0.15, -0.1) is 0 Å². The highest BCUT2D eigenvalue weighted by atomic mass is 35.5. The summed E-state index contributed by atoms with van der Waals surface area (Å²) in [5.41, 5.74) is 1.61. The maximum absolute atomic E-state index is 10.9. The first-order valence-electron chi connectivity index (χ1n) is 4.16. The molecule has 68 valence electrons. The van der Waals surface area contributed by atoms with Crippen molar-refractivity contribution in [2.45, 2.75) is 19.4 Å². The molecule has 13 heavy (non-hydrogen) atoms. The Kier molecular flexibility index (Phi) is 2.00. The Morgan fingerprint density at radius 3 is 3.08 bits per heavy atom. The molecule has 0 aromatic heterocycles. The summed E-state index contributed by atoms with van der Waals surface area (Å²) in [6.07, 6.45) is 1.06. The Hall–Kier alpha value is -1.02. The van der Waals surface area contributed by atoms with Crippen molar-refractivity contribution in [2.75, 3.05) is 0 Å². The molecule has 0 bridgehead atoms. The highest BCUT2D eigenvalue weighted by molar-refractivity contribution is 6.67. The zero-order valence-corrected chi connectivity index (χ0v) is 7.97. The maximum Gasteiger partial charge on any atom is 0.252 e. The van der Waals surface area contributed by atoms with Gasteiger partial charge in [0.1, 0.15) is 11.9 Å². The first-order chi connectivity index (χ1) is 6.16. The summed E-state index contributed by atoms with van der Waals surface area (Å²) < 4.78 is 5.49. The zero-order chi connectivity index (χ0) is 9.42. The topological polar surface area (TPSA) is 26.3 Å². The Morgan fingerprint density at radius 2 is 2.38 bits per heavy atom. The van der Waals surface area contributed by atoms with Gasteiger partial charge in [-0.2, -0.15) is 0 Å². The number of hydrogen-bond donors (Lipinski definition) is 0. The molecule has 2 rings (SSSR count). The maximum atomic E-state index is 10.9. The number of ether oxygens (including phenoxy) is 1. The molecule has 1 aromatic rings. The van der Waals surface area contributed by atoms with Crippen LogP contribution in [0.25, 0.3) is 0 Å². The average molecular weight is 197 g/mol. The molecule has 0 saturated carbocycles. The lowest BCUT2D eigenvalue weighted by molar-refractivity contribution is 0.108. The molecule has 0 saturated heterocycles. The lowest BCUT2D eigenvalue weighted by Crippen LogP contribution is -2.05. The van der Waals surface area contributed by atoms with Gasteiger partial charge in [-0.05, 0) is 42.3 Å². The highest BCUT2D eigenvalue weighted by Gasteiger charge is 2.19. The predicted octanol–water partition coefficient (Wildman–Crippen LogP) is 2.39. The van der Waals surface area contributed by atoms with Gasteiger partial charge in [-0.3, -0.25) is 4.79 Å². The molecule has 0 aliphatic carbocycles. The third kappa shape index (κ3) is 1.54. The van der Waals surface area contributed by atoms with Crippen LogP contribution in [0, 0.1) is 0 Å². The van der Waals surface area contributed by atoms with Gasteiger partial charge in [-0.25, -0.2) is 0 Å². The van der Waals surface area contributed by atoms with Crippen molar-refractivity contribution < 1.29 is 9.53 Å². The fourth-order valence-corrected chi connectivity index (χ4v) is 1.66. The van der Waals surface area contributed by atoms with E-state index in [0.29, 0.717) is 5.56 Å². The number of carbonyl (C=O) groups is 1. The van der Waals surface area contributed by atoms with Gasteiger partial charge in [0.25, 0.3) is 5.24 Å². The Bertz CT molecular complexity index is 360. The summed E-state index contributed by atoms with van der Waals surface area (Å²) in [7, 11) is 0. The van der Waals surface area contributed by atoms with E-state index in [1.165, 1.54) is 0 Å². The molecule has 3 heteroatoms. The molecular weight excluding hydrogens is 188 g/mol. The fourth-order valence-electron chi connectivity index (χ4n) is 1.54. The molecule has 1 atom stereocenters. The third-order valence-corrected chi connectivity index (χ3v) is 2.34. The zero-order valence-electron chi connectivity index (χ0n) is 7.21. The molecule has 0 spiro atoms. The Labute approximate surface area is 81.5 Å². The number of benzene rings is 1. The largest absolute Gasteiger partial charge is 0.490 e. The molecule has 1 aliphatic rings. The van der Waals surface area contributed by atoms with E-state index >= 15 is 0 Å². The van der Waals surface area contributed by atoms with Crippen molar-refractivity contribution >= 4 is 16.8 Å². The van der Waals surface area contributed by atoms with E-state index in [9.17, 15) is 4.79 Å². The monoisotopic (exact) mass is 196 g/mol. The van der Waals surface area contributed by atoms with Crippen LogP contribution in [0.3, 0.4) is 0 Å². The van der Waals surface area contributed by atoms with Crippen LogP contribution in [0.1, 0.15) is 22.8 Å². The molecule has 1 heterocycles. The number of carbonyl (C=O) groups excluding carboxylic acids is 1. The lowest BCUT2D eigenvalue weighted by atomic mass is 10.1. The van der Waals surface area contributed by atoms with E-state index in [2.05, 4.69) is 0 Å². The SMILES string of the molecule is C[C@H]1Cc2cc(C(=O)Cl)ccc2O1. The quantitative estimate of drug-likeness (QED) is 0.645. The molecule has 1 aliphatic heterocycles. The van der Waals surface area contributed by atoms with Gasteiger partial charge in [0, 0.05) is 12.0 Å². The van der Waals surface area contributed by atoms with Crippen LogP contribution in [0.15, 0.2) is 18.2 Å². The van der Waals surface area contributed by atoms with Gasteiger partial charge < -0.3 is 4.74 Å². The van der Waals surface area contributed by atoms with Gasteiger partial charge in [0.05, 0.1) is 0 Å². The molecule has 0 radical (unpaired) electrons. The summed E-state index contributed by atoms with van der Waals surface area (Å²) in [6, 6.07) is 5.29. The standard InChI is InChI=1S/C10H9ClO2/c1-6-4-8-5-7(10(11)12)2-3-9(8)13-6/h2-3,5-6H,4H2,1H3/t6-/m0/s1. The Balaban J connectivity index is 2.40. The van der Waals surface area contributed by atoms with E-state index in [1.807, 2.05) is 6.92 Å². The molecule has 0 unspecified atom stereocenters.